The molecule has 3 heterocycles. The molecular formula is C27H35N3O2. The molecule has 0 aromatic heterocycles. The number of nitrogens with zero attached hydrogens (tertiary/aromatic N) is 2. The minimum absolute atomic E-state index is 0.0638. The standard InChI is InChI=1S/C27H35N3O2/c1-3-32-30(19(2)20-8-5-4-6-9-20)27(31)22-11-12-24-21(16-22)13-15-29-18-23-10-7-14-28-25(23)17-26(24)29/h4-6,8-9,11-12,16,19,23,25-26,28H,3,7,10,13-15,17-18H2,1-2H3/t19-,23-,25+,26-/m1/s1. The maximum absolute atomic E-state index is 13.5. The van der Waals surface area contributed by atoms with Crippen LogP contribution in [0.15, 0.2) is 48.5 Å². The fourth-order valence-corrected chi connectivity index (χ4v) is 5.93. The van der Waals surface area contributed by atoms with Gasteiger partial charge in [-0.25, -0.2) is 5.06 Å². The van der Waals surface area contributed by atoms with Crippen LogP contribution in [0.25, 0.3) is 0 Å². The third-order valence-electron chi connectivity index (χ3n) is 7.63. The van der Waals surface area contributed by atoms with Gasteiger partial charge in [-0.3, -0.25) is 14.5 Å². The summed E-state index contributed by atoms with van der Waals surface area (Å²) in [5, 5.41) is 5.31. The molecule has 0 aliphatic carbocycles. The monoisotopic (exact) mass is 433 g/mol. The van der Waals surface area contributed by atoms with E-state index in [0.29, 0.717) is 18.7 Å². The second kappa shape index (κ2) is 9.34. The van der Waals surface area contributed by atoms with Gasteiger partial charge in [0.2, 0.25) is 0 Å². The third-order valence-corrected chi connectivity index (χ3v) is 7.63. The van der Waals surface area contributed by atoms with Crippen LogP contribution in [0.2, 0.25) is 0 Å². The van der Waals surface area contributed by atoms with Gasteiger partial charge in [0.25, 0.3) is 5.91 Å². The number of hydrogen-bond acceptors (Lipinski definition) is 4. The van der Waals surface area contributed by atoms with Crippen molar-refractivity contribution in [2.24, 2.45) is 5.92 Å². The fourth-order valence-electron chi connectivity index (χ4n) is 5.93. The molecule has 3 aliphatic heterocycles. The Kier molecular flexibility index (Phi) is 6.31. The Hall–Kier alpha value is -2.21. The molecular weight excluding hydrogens is 398 g/mol. The Morgan fingerprint density at radius 2 is 2.09 bits per heavy atom. The van der Waals surface area contributed by atoms with Crippen LogP contribution in [0.5, 0.6) is 0 Å². The van der Waals surface area contributed by atoms with E-state index in [2.05, 4.69) is 22.3 Å². The number of carbonyl (C=O) groups is 1. The quantitative estimate of drug-likeness (QED) is 0.705. The second-order valence-electron chi connectivity index (χ2n) is 9.51. The molecule has 5 rings (SSSR count). The molecule has 2 aromatic carbocycles. The van der Waals surface area contributed by atoms with Crippen molar-refractivity contribution < 1.29 is 9.63 Å². The van der Waals surface area contributed by atoms with Crippen LogP contribution in [-0.4, -0.2) is 48.2 Å². The van der Waals surface area contributed by atoms with Crippen LogP contribution >= 0.6 is 0 Å². The van der Waals surface area contributed by atoms with Crippen LogP contribution in [0, 0.1) is 5.92 Å². The first-order valence-corrected chi connectivity index (χ1v) is 12.3. The molecule has 32 heavy (non-hydrogen) atoms. The van der Waals surface area contributed by atoms with Gasteiger partial charge in [-0.2, -0.15) is 0 Å². The van der Waals surface area contributed by atoms with Crippen molar-refractivity contribution in [2.45, 2.75) is 57.7 Å². The van der Waals surface area contributed by atoms with Crippen LogP contribution in [0.1, 0.15) is 72.2 Å². The minimum Gasteiger partial charge on any atom is -0.314 e. The summed E-state index contributed by atoms with van der Waals surface area (Å²) < 4.78 is 0. The largest absolute Gasteiger partial charge is 0.314 e. The summed E-state index contributed by atoms with van der Waals surface area (Å²) in [5.74, 6) is 0.729. The molecule has 0 saturated carbocycles. The number of hydroxylamine groups is 2. The van der Waals surface area contributed by atoms with Crippen molar-refractivity contribution in [3.05, 3.63) is 70.8 Å². The van der Waals surface area contributed by atoms with Crippen molar-refractivity contribution in [1.29, 1.82) is 0 Å². The first-order chi connectivity index (χ1) is 15.7. The molecule has 5 heteroatoms. The summed E-state index contributed by atoms with van der Waals surface area (Å²) >= 11 is 0. The SMILES string of the molecule is CCON(C(=O)c1ccc2c(c1)CCN1C[C@H]3CCCN[C@H]3C[C@H]21)[C@H](C)c1ccccc1. The number of fused-ring (bicyclic) bond motifs is 4. The summed E-state index contributed by atoms with van der Waals surface area (Å²) in [6, 6.07) is 17.4. The van der Waals surface area contributed by atoms with Crippen molar-refractivity contribution >= 4 is 5.91 Å². The van der Waals surface area contributed by atoms with E-state index in [1.807, 2.05) is 50.2 Å². The van der Waals surface area contributed by atoms with E-state index < -0.39 is 0 Å². The van der Waals surface area contributed by atoms with Crippen LogP contribution < -0.4 is 5.32 Å². The van der Waals surface area contributed by atoms with Crippen LogP contribution in [0.4, 0.5) is 0 Å². The Morgan fingerprint density at radius 3 is 2.91 bits per heavy atom. The first-order valence-electron chi connectivity index (χ1n) is 12.3. The number of carbonyl (C=O) groups excluding carboxylic acids is 1. The molecule has 0 radical (unpaired) electrons. The van der Waals surface area contributed by atoms with E-state index in [1.54, 1.807) is 5.06 Å². The van der Waals surface area contributed by atoms with Crippen LogP contribution in [-0.2, 0) is 11.3 Å². The minimum atomic E-state index is -0.150. The topological polar surface area (TPSA) is 44.8 Å². The molecule has 0 bridgehead atoms. The van der Waals surface area contributed by atoms with Gasteiger partial charge in [0.1, 0.15) is 0 Å². The van der Waals surface area contributed by atoms with Crippen molar-refractivity contribution in [1.82, 2.24) is 15.3 Å². The summed E-state index contributed by atoms with van der Waals surface area (Å²) in [7, 11) is 0. The van der Waals surface area contributed by atoms with Gasteiger partial charge in [0, 0.05) is 30.7 Å². The number of hydrogen-bond donors (Lipinski definition) is 1. The van der Waals surface area contributed by atoms with E-state index >= 15 is 0 Å². The van der Waals surface area contributed by atoms with Gasteiger partial charge in [-0.15, -0.1) is 0 Å². The zero-order valence-electron chi connectivity index (χ0n) is 19.3. The maximum Gasteiger partial charge on any atom is 0.278 e. The van der Waals surface area contributed by atoms with E-state index in [9.17, 15) is 4.79 Å². The number of benzene rings is 2. The lowest BCUT2D eigenvalue weighted by atomic mass is 9.77. The fraction of sp³-hybridized carbons (Fsp3) is 0.519. The number of nitrogens with one attached hydrogen (secondary N) is 1. The van der Waals surface area contributed by atoms with Gasteiger partial charge in [0.05, 0.1) is 12.6 Å². The average Bonchev–Trinajstić information content (AvgIpc) is 2.85. The zero-order valence-corrected chi connectivity index (χ0v) is 19.3. The average molecular weight is 434 g/mol. The molecule has 2 fully saturated rings. The Balaban J connectivity index is 1.38. The molecule has 5 nitrogen and oxygen atoms in total. The summed E-state index contributed by atoms with van der Waals surface area (Å²) in [5.41, 5.74) is 4.53. The molecule has 2 aromatic rings. The second-order valence-corrected chi connectivity index (χ2v) is 9.51. The third kappa shape index (κ3) is 4.09. The maximum atomic E-state index is 13.5. The van der Waals surface area contributed by atoms with E-state index in [1.165, 1.54) is 36.9 Å². The van der Waals surface area contributed by atoms with E-state index in [0.717, 1.165) is 36.6 Å². The van der Waals surface area contributed by atoms with E-state index in [4.69, 9.17) is 4.84 Å². The molecule has 1 N–H and O–H groups in total. The normalized spacial score (nSPS) is 25.9. The Bertz CT molecular complexity index is 947. The molecule has 4 atom stereocenters. The van der Waals surface area contributed by atoms with Crippen molar-refractivity contribution in [2.75, 3.05) is 26.2 Å². The van der Waals surface area contributed by atoms with Gasteiger partial charge in [-0.05, 0) is 80.8 Å². The molecule has 1 amide bonds. The lowest BCUT2D eigenvalue weighted by Gasteiger charge is -2.49. The molecule has 0 spiro atoms. The molecule has 2 saturated heterocycles. The van der Waals surface area contributed by atoms with Gasteiger partial charge in [0.15, 0.2) is 0 Å². The van der Waals surface area contributed by atoms with Gasteiger partial charge < -0.3 is 5.32 Å². The predicted octanol–water partition coefficient (Wildman–Crippen LogP) is 4.51. The zero-order chi connectivity index (χ0) is 22.1. The van der Waals surface area contributed by atoms with Gasteiger partial charge >= 0.3 is 0 Å². The highest BCUT2D eigenvalue weighted by Gasteiger charge is 2.39. The number of amides is 1. The lowest BCUT2D eigenvalue weighted by molar-refractivity contribution is -0.142. The molecule has 3 aliphatic rings. The highest BCUT2D eigenvalue weighted by Crippen LogP contribution is 2.41. The van der Waals surface area contributed by atoms with Crippen molar-refractivity contribution in [3.8, 4) is 0 Å². The Labute approximate surface area is 191 Å². The summed E-state index contributed by atoms with van der Waals surface area (Å²) in [6.45, 7) is 7.86. The highest BCUT2D eigenvalue weighted by molar-refractivity contribution is 5.94. The van der Waals surface area contributed by atoms with Crippen molar-refractivity contribution in [3.63, 3.8) is 0 Å². The predicted molar refractivity (Wildman–Crippen MR) is 126 cm³/mol. The number of rotatable bonds is 5. The lowest BCUT2D eigenvalue weighted by Crippen LogP contribution is -2.54. The van der Waals surface area contributed by atoms with Crippen LogP contribution in [0.3, 0.4) is 0 Å². The summed E-state index contributed by atoms with van der Waals surface area (Å²) in [4.78, 5) is 22.0. The highest BCUT2D eigenvalue weighted by atomic mass is 16.7. The number of piperidine rings is 2. The smallest absolute Gasteiger partial charge is 0.278 e. The van der Waals surface area contributed by atoms with E-state index in [-0.39, 0.29) is 11.9 Å². The summed E-state index contributed by atoms with van der Waals surface area (Å²) in [6.07, 6.45) is 4.86. The first kappa shape index (κ1) is 21.6. The molecule has 170 valence electrons. The Morgan fingerprint density at radius 1 is 1.25 bits per heavy atom. The molecule has 0 unspecified atom stereocenters. The van der Waals surface area contributed by atoms with Gasteiger partial charge in [-0.1, -0.05) is 36.4 Å².